The number of amides is 2. The number of carbonyl (C=O) groups is 2. The van der Waals surface area contributed by atoms with Gasteiger partial charge in [0.05, 0.1) is 11.3 Å². The summed E-state index contributed by atoms with van der Waals surface area (Å²) in [6.07, 6.45) is -5.40. The molecule has 144 valence electrons. The van der Waals surface area contributed by atoms with Crippen LogP contribution in [0, 0.1) is 6.92 Å². The van der Waals surface area contributed by atoms with Crippen molar-refractivity contribution in [2.75, 3.05) is 11.9 Å². The van der Waals surface area contributed by atoms with E-state index in [1.54, 1.807) is 29.6 Å². The lowest BCUT2D eigenvalue weighted by atomic mass is 10.1. The van der Waals surface area contributed by atoms with Gasteiger partial charge in [0.25, 0.3) is 11.8 Å². The van der Waals surface area contributed by atoms with Gasteiger partial charge < -0.3 is 15.4 Å². The highest BCUT2D eigenvalue weighted by Crippen LogP contribution is 2.19. The Morgan fingerprint density at radius 2 is 1.81 bits per heavy atom. The first kappa shape index (κ1) is 20.3. The van der Waals surface area contributed by atoms with Crippen molar-refractivity contribution >= 4 is 17.5 Å². The highest BCUT2D eigenvalue weighted by Gasteiger charge is 2.28. The molecule has 0 aromatic heterocycles. The molecular weight excluding hydrogens is 361 g/mol. The van der Waals surface area contributed by atoms with Crippen LogP contribution in [0.5, 0.6) is 5.75 Å². The molecule has 0 bridgehead atoms. The summed E-state index contributed by atoms with van der Waals surface area (Å²) in [6.45, 7) is 1.96. The lowest BCUT2D eigenvalue weighted by Crippen LogP contribution is -2.35. The van der Waals surface area contributed by atoms with Gasteiger partial charge in [-0.3, -0.25) is 9.59 Å². The third-order valence-corrected chi connectivity index (χ3v) is 3.55. The van der Waals surface area contributed by atoms with Gasteiger partial charge in [-0.05, 0) is 43.7 Å². The second-order valence-corrected chi connectivity index (χ2v) is 5.91. The largest absolute Gasteiger partial charge is 0.481 e. The van der Waals surface area contributed by atoms with Gasteiger partial charge in [0.1, 0.15) is 12.3 Å². The average molecular weight is 380 g/mol. The fourth-order valence-electron chi connectivity index (χ4n) is 2.25. The summed E-state index contributed by atoms with van der Waals surface area (Å²) in [5.41, 5.74) is 0.992. The standard InChI is InChI=1S/C19H19F3N2O3/c1-12-6-5-7-14(10-12)27-13(2)17(25)24-16-9-4-3-8-15(16)18(26)23-11-19(20,21)22/h3-10,13H,11H2,1-2H3,(H,23,26)(H,24,25). The summed E-state index contributed by atoms with van der Waals surface area (Å²) >= 11 is 0. The van der Waals surface area contributed by atoms with Gasteiger partial charge in [0, 0.05) is 0 Å². The van der Waals surface area contributed by atoms with Crippen molar-refractivity contribution in [3.8, 4) is 5.75 Å². The molecule has 0 aliphatic carbocycles. The van der Waals surface area contributed by atoms with Crippen LogP contribution in [0.15, 0.2) is 48.5 Å². The van der Waals surface area contributed by atoms with Crippen molar-refractivity contribution in [2.24, 2.45) is 0 Å². The quantitative estimate of drug-likeness (QED) is 0.803. The summed E-state index contributed by atoms with van der Waals surface area (Å²) in [5.74, 6) is -0.961. The predicted octanol–water partition coefficient (Wildman–Crippen LogP) is 3.69. The Hall–Kier alpha value is -3.03. The molecule has 5 nitrogen and oxygen atoms in total. The molecule has 1 atom stereocenters. The SMILES string of the molecule is Cc1cccc(OC(C)C(=O)Nc2ccccc2C(=O)NCC(F)(F)F)c1. The van der Waals surface area contributed by atoms with E-state index in [4.69, 9.17) is 4.74 Å². The zero-order valence-corrected chi connectivity index (χ0v) is 14.8. The van der Waals surface area contributed by atoms with Gasteiger partial charge in [-0.25, -0.2) is 0 Å². The number of ether oxygens (including phenoxy) is 1. The number of hydrogen-bond acceptors (Lipinski definition) is 3. The topological polar surface area (TPSA) is 67.4 Å². The molecule has 2 rings (SSSR count). The fraction of sp³-hybridized carbons (Fsp3) is 0.263. The normalized spacial score (nSPS) is 12.2. The van der Waals surface area contributed by atoms with E-state index in [-0.39, 0.29) is 11.3 Å². The molecular formula is C19H19F3N2O3. The Morgan fingerprint density at radius 3 is 2.48 bits per heavy atom. The number of anilines is 1. The van der Waals surface area contributed by atoms with Crippen LogP contribution in [0.2, 0.25) is 0 Å². The monoisotopic (exact) mass is 380 g/mol. The van der Waals surface area contributed by atoms with Gasteiger partial charge in [0.15, 0.2) is 6.10 Å². The van der Waals surface area contributed by atoms with Crippen molar-refractivity contribution in [2.45, 2.75) is 26.1 Å². The summed E-state index contributed by atoms with van der Waals surface area (Å²) < 4.78 is 42.4. The van der Waals surface area contributed by atoms with Crippen molar-refractivity contribution in [3.63, 3.8) is 0 Å². The number of nitrogens with one attached hydrogen (secondary N) is 2. The molecule has 2 aromatic rings. The van der Waals surface area contributed by atoms with Crippen LogP contribution in [0.3, 0.4) is 0 Å². The third-order valence-electron chi connectivity index (χ3n) is 3.55. The number of alkyl halides is 3. The van der Waals surface area contributed by atoms with Crippen LogP contribution in [-0.4, -0.2) is 30.6 Å². The van der Waals surface area contributed by atoms with Crippen molar-refractivity contribution < 1.29 is 27.5 Å². The number of carbonyl (C=O) groups excluding carboxylic acids is 2. The summed E-state index contributed by atoms with van der Waals surface area (Å²) in [4.78, 5) is 24.3. The van der Waals surface area contributed by atoms with E-state index in [1.807, 2.05) is 13.0 Å². The molecule has 1 unspecified atom stereocenters. The smallest absolute Gasteiger partial charge is 0.405 e. The molecule has 0 saturated heterocycles. The molecule has 27 heavy (non-hydrogen) atoms. The molecule has 0 radical (unpaired) electrons. The number of rotatable bonds is 6. The van der Waals surface area contributed by atoms with Gasteiger partial charge in [0.2, 0.25) is 0 Å². The minimum Gasteiger partial charge on any atom is -0.481 e. The minimum atomic E-state index is -4.52. The predicted molar refractivity (Wildman–Crippen MR) is 94.7 cm³/mol. The molecule has 0 aliphatic rings. The zero-order chi connectivity index (χ0) is 20.0. The van der Waals surface area contributed by atoms with Crippen LogP contribution >= 0.6 is 0 Å². The first-order chi connectivity index (χ1) is 12.7. The Bertz CT molecular complexity index is 822. The van der Waals surface area contributed by atoms with E-state index < -0.39 is 30.6 Å². The van der Waals surface area contributed by atoms with Crippen LogP contribution in [0.1, 0.15) is 22.8 Å². The van der Waals surface area contributed by atoms with Crippen molar-refractivity contribution in [1.29, 1.82) is 0 Å². The zero-order valence-electron chi connectivity index (χ0n) is 14.8. The van der Waals surface area contributed by atoms with Crippen LogP contribution < -0.4 is 15.4 Å². The van der Waals surface area contributed by atoms with E-state index in [0.29, 0.717) is 5.75 Å². The molecule has 0 spiro atoms. The molecule has 8 heteroatoms. The van der Waals surface area contributed by atoms with Crippen molar-refractivity contribution in [3.05, 3.63) is 59.7 Å². The van der Waals surface area contributed by atoms with Gasteiger partial charge in [-0.1, -0.05) is 24.3 Å². The number of para-hydroxylation sites is 1. The first-order valence-electron chi connectivity index (χ1n) is 8.14. The Kier molecular flexibility index (Phi) is 6.44. The summed E-state index contributed by atoms with van der Waals surface area (Å²) in [7, 11) is 0. The second kappa shape index (κ2) is 8.57. The number of benzene rings is 2. The average Bonchev–Trinajstić information content (AvgIpc) is 2.59. The van der Waals surface area contributed by atoms with E-state index in [9.17, 15) is 22.8 Å². The van der Waals surface area contributed by atoms with Gasteiger partial charge in [-0.15, -0.1) is 0 Å². The highest BCUT2D eigenvalue weighted by molar-refractivity contribution is 6.04. The first-order valence-corrected chi connectivity index (χ1v) is 8.14. The fourth-order valence-corrected chi connectivity index (χ4v) is 2.25. The molecule has 0 fully saturated rings. The molecule has 0 heterocycles. The maximum Gasteiger partial charge on any atom is 0.405 e. The van der Waals surface area contributed by atoms with E-state index in [2.05, 4.69) is 5.32 Å². The molecule has 2 aromatic carbocycles. The highest BCUT2D eigenvalue weighted by atomic mass is 19.4. The maximum absolute atomic E-state index is 12.3. The van der Waals surface area contributed by atoms with E-state index >= 15 is 0 Å². The second-order valence-electron chi connectivity index (χ2n) is 5.91. The number of hydrogen-bond donors (Lipinski definition) is 2. The van der Waals surface area contributed by atoms with Crippen LogP contribution in [-0.2, 0) is 4.79 Å². The van der Waals surface area contributed by atoms with Gasteiger partial charge in [-0.2, -0.15) is 13.2 Å². The lowest BCUT2D eigenvalue weighted by molar-refractivity contribution is -0.123. The Labute approximate surface area is 154 Å². The van der Waals surface area contributed by atoms with Crippen LogP contribution in [0.25, 0.3) is 0 Å². The Morgan fingerprint density at radius 1 is 1.11 bits per heavy atom. The maximum atomic E-state index is 12.3. The third kappa shape index (κ3) is 6.32. The number of halogens is 3. The molecule has 0 aliphatic heterocycles. The molecule has 2 amide bonds. The Balaban J connectivity index is 2.06. The lowest BCUT2D eigenvalue weighted by Gasteiger charge is -2.17. The summed E-state index contributed by atoms with van der Waals surface area (Å²) in [5, 5.41) is 4.30. The summed E-state index contributed by atoms with van der Waals surface area (Å²) in [6, 6.07) is 12.9. The van der Waals surface area contributed by atoms with Gasteiger partial charge >= 0.3 is 6.18 Å². The van der Waals surface area contributed by atoms with E-state index in [1.165, 1.54) is 25.1 Å². The molecule has 0 saturated carbocycles. The van der Waals surface area contributed by atoms with Crippen LogP contribution in [0.4, 0.5) is 18.9 Å². The van der Waals surface area contributed by atoms with E-state index in [0.717, 1.165) is 5.56 Å². The minimum absolute atomic E-state index is 0.0714. The molecule has 2 N–H and O–H groups in total. The number of aryl methyl sites for hydroxylation is 1. The van der Waals surface area contributed by atoms with Crippen molar-refractivity contribution in [1.82, 2.24) is 5.32 Å².